The number of fused-ring (bicyclic) bond motifs is 1. The number of hydrogen-bond acceptors (Lipinski definition) is 6. The van der Waals surface area contributed by atoms with Crippen molar-refractivity contribution in [3.63, 3.8) is 0 Å². The van der Waals surface area contributed by atoms with Gasteiger partial charge in [0.05, 0.1) is 17.9 Å². The summed E-state index contributed by atoms with van der Waals surface area (Å²) in [6, 6.07) is 18.2. The zero-order valence-corrected chi connectivity index (χ0v) is 19.2. The Bertz CT molecular complexity index is 1330. The number of anilines is 2. The van der Waals surface area contributed by atoms with Crippen LogP contribution in [-0.2, 0) is 9.59 Å². The van der Waals surface area contributed by atoms with Gasteiger partial charge in [-0.25, -0.2) is 4.90 Å². The van der Waals surface area contributed by atoms with Crippen molar-refractivity contribution in [2.24, 2.45) is 0 Å². The van der Waals surface area contributed by atoms with E-state index in [1.54, 1.807) is 42.5 Å². The number of carbonyl (C=O) groups excluding carboxylic acids is 2. The number of imide groups is 1. The number of amides is 2. The highest BCUT2D eigenvalue weighted by Gasteiger charge is 2.41. The van der Waals surface area contributed by atoms with Gasteiger partial charge in [-0.3, -0.25) is 9.59 Å². The number of rotatable bonds is 6. The van der Waals surface area contributed by atoms with E-state index in [4.69, 9.17) is 14.2 Å². The average Bonchev–Trinajstić information content (AvgIpc) is 3.38. The molecule has 0 spiro atoms. The molecule has 0 bridgehead atoms. The summed E-state index contributed by atoms with van der Waals surface area (Å²) in [5, 5.41) is 3.17. The van der Waals surface area contributed by atoms with Gasteiger partial charge in [0.1, 0.15) is 11.4 Å². The molecule has 3 aromatic rings. The Hall–Kier alpha value is -4.26. The van der Waals surface area contributed by atoms with Crippen LogP contribution in [0.25, 0.3) is 5.57 Å². The zero-order chi connectivity index (χ0) is 23.8. The Morgan fingerprint density at radius 1 is 0.912 bits per heavy atom. The molecule has 1 N–H and O–H groups in total. The zero-order valence-electron chi connectivity index (χ0n) is 19.2. The second-order valence-corrected chi connectivity index (χ2v) is 8.14. The number of carbonyl (C=O) groups is 2. The molecule has 34 heavy (non-hydrogen) atoms. The van der Waals surface area contributed by atoms with Gasteiger partial charge in [0.25, 0.3) is 11.8 Å². The van der Waals surface area contributed by atoms with Gasteiger partial charge in [0.15, 0.2) is 11.5 Å². The molecule has 0 fully saturated rings. The lowest BCUT2D eigenvalue weighted by atomic mass is 10.0. The van der Waals surface area contributed by atoms with Gasteiger partial charge in [-0.05, 0) is 67.8 Å². The highest BCUT2D eigenvalue weighted by atomic mass is 16.7. The van der Waals surface area contributed by atoms with E-state index in [0.29, 0.717) is 46.4 Å². The predicted molar refractivity (Wildman–Crippen MR) is 129 cm³/mol. The van der Waals surface area contributed by atoms with Crippen molar-refractivity contribution in [1.29, 1.82) is 0 Å². The van der Waals surface area contributed by atoms with Crippen LogP contribution in [0.4, 0.5) is 11.4 Å². The fourth-order valence-electron chi connectivity index (χ4n) is 4.10. The van der Waals surface area contributed by atoms with Crippen LogP contribution < -0.4 is 24.4 Å². The molecule has 0 aromatic heterocycles. The molecular formula is C27H24N2O5. The summed E-state index contributed by atoms with van der Waals surface area (Å²) < 4.78 is 16.4. The number of nitrogens with zero attached hydrogens (tertiary/aromatic N) is 1. The third-order valence-electron chi connectivity index (χ3n) is 5.79. The summed E-state index contributed by atoms with van der Waals surface area (Å²) >= 11 is 0. The fourth-order valence-corrected chi connectivity index (χ4v) is 4.10. The van der Waals surface area contributed by atoms with E-state index in [2.05, 4.69) is 5.32 Å². The Morgan fingerprint density at radius 3 is 2.44 bits per heavy atom. The number of aryl methyl sites for hydroxylation is 2. The predicted octanol–water partition coefficient (Wildman–Crippen LogP) is 4.83. The minimum Gasteiger partial charge on any atom is -0.494 e. The third-order valence-corrected chi connectivity index (χ3v) is 5.79. The van der Waals surface area contributed by atoms with Crippen LogP contribution in [0.1, 0.15) is 23.6 Å². The Morgan fingerprint density at radius 2 is 1.68 bits per heavy atom. The topological polar surface area (TPSA) is 77.1 Å². The number of hydrogen-bond donors (Lipinski definition) is 1. The smallest absolute Gasteiger partial charge is 0.282 e. The molecule has 7 nitrogen and oxygen atoms in total. The highest BCUT2D eigenvalue weighted by molar-refractivity contribution is 6.46. The van der Waals surface area contributed by atoms with Crippen LogP contribution in [0.3, 0.4) is 0 Å². The molecule has 2 aliphatic rings. The van der Waals surface area contributed by atoms with E-state index in [9.17, 15) is 9.59 Å². The quantitative estimate of drug-likeness (QED) is 0.536. The van der Waals surface area contributed by atoms with Gasteiger partial charge in [0.2, 0.25) is 6.79 Å². The lowest BCUT2D eigenvalue weighted by molar-refractivity contribution is -0.120. The third kappa shape index (κ3) is 3.75. The molecule has 7 heteroatoms. The minimum atomic E-state index is -0.416. The highest BCUT2D eigenvalue weighted by Crippen LogP contribution is 2.38. The van der Waals surface area contributed by atoms with Crippen molar-refractivity contribution in [3.05, 3.63) is 83.1 Å². The molecule has 2 aliphatic heterocycles. The lowest BCUT2D eigenvalue weighted by Crippen LogP contribution is -2.33. The van der Waals surface area contributed by atoms with Crippen molar-refractivity contribution >= 4 is 28.8 Å². The van der Waals surface area contributed by atoms with E-state index < -0.39 is 5.91 Å². The first-order valence-electron chi connectivity index (χ1n) is 11.1. The normalized spacial score (nSPS) is 14.7. The molecule has 0 atom stereocenters. The number of ether oxygens (including phenoxy) is 3. The molecule has 5 rings (SSSR count). The maximum absolute atomic E-state index is 13.7. The molecule has 0 aliphatic carbocycles. The standard InChI is InChI=1S/C27H24N2O5/c1-4-32-20-10-7-18(8-11-20)24-25(28-19-9-12-22-23(14-19)34-15-33-22)27(31)29(26(24)30)21-13-16(2)5-6-17(21)3/h5-14,28H,4,15H2,1-3H3. The van der Waals surface area contributed by atoms with E-state index >= 15 is 0 Å². The van der Waals surface area contributed by atoms with E-state index in [1.807, 2.05) is 39.0 Å². The van der Waals surface area contributed by atoms with Crippen molar-refractivity contribution in [1.82, 2.24) is 0 Å². The molecule has 0 saturated heterocycles. The molecule has 2 heterocycles. The average molecular weight is 456 g/mol. The fraction of sp³-hybridized carbons (Fsp3) is 0.185. The van der Waals surface area contributed by atoms with Gasteiger partial charge >= 0.3 is 0 Å². The molecule has 3 aromatic carbocycles. The summed E-state index contributed by atoms with van der Waals surface area (Å²) in [5.74, 6) is 1.11. The van der Waals surface area contributed by atoms with Crippen LogP contribution in [0, 0.1) is 13.8 Å². The Balaban J connectivity index is 1.59. The van der Waals surface area contributed by atoms with E-state index in [-0.39, 0.29) is 18.4 Å². The second-order valence-electron chi connectivity index (χ2n) is 8.14. The minimum absolute atomic E-state index is 0.150. The summed E-state index contributed by atoms with van der Waals surface area (Å²) in [6.45, 7) is 6.41. The van der Waals surface area contributed by atoms with Gasteiger partial charge in [0, 0.05) is 11.8 Å². The number of nitrogens with one attached hydrogen (secondary N) is 1. The molecule has 0 unspecified atom stereocenters. The van der Waals surface area contributed by atoms with Gasteiger partial charge in [-0.15, -0.1) is 0 Å². The van der Waals surface area contributed by atoms with Crippen molar-refractivity contribution in [3.8, 4) is 17.2 Å². The van der Waals surface area contributed by atoms with Gasteiger partial charge < -0.3 is 19.5 Å². The summed E-state index contributed by atoms with van der Waals surface area (Å²) in [7, 11) is 0. The first kappa shape index (κ1) is 21.6. The van der Waals surface area contributed by atoms with Crippen LogP contribution in [0.5, 0.6) is 17.2 Å². The molecule has 2 amide bonds. The first-order chi connectivity index (χ1) is 16.5. The monoisotopic (exact) mass is 456 g/mol. The van der Waals surface area contributed by atoms with Gasteiger partial charge in [-0.2, -0.15) is 0 Å². The van der Waals surface area contributed by atoms with Crippen molar-refractivity contribution in [2.45, 2.75) is 20.8 Å². The molecule has 0 saturated carbocycles. The van der Waals surface area contributed by atoms with Crippen LogP contribution >= 0.6 is 0 Å². The largest absolute Gasteiger partial charge is 0.494 e. The van der Waals surface area contributed by atoms with Crippen LogP contribution in [0.2, 0.25) is 0 Å². The van der Waals surface area contributed by atoms with Crippen molar-refractivity contribution < 1.29 is 23.8 Å². The number of benzene rings is 3. The molecule has 0 radical (unpaired) electrons. The van der Waals surface area contributed by atoms with E-state index in [0.717, 1.165) is 11.1 Å². The first-order valence-corrected chi connectivity index (χ1v) is 11.1. The molecular weight excluding hydrogens is 432 g/mol. The summed E-state index contributed by atoms with van der Waals surface area (Å²) in [5.41, 5.74) is 4.11. The maximum Gasteiger partial charge on any atom is 0.282 e. The van der Waals surface area contributed by atoms with Crippen LogP contribution in [-0.4, -0.2) is 25.2 Å². The summed E-state index contributed by atoms with van der Waals surface area (Å²) in [4.78, 5) is 28.6. The van der Waals surface area contributed by atoms with Crippen molar-refractivity contribution in [2.75, 3.05) is 23.6 Å². The Kier molecular flexibility index (Phi) is 5.45. The second kappa shape index (κ2) is 8.59. The lowest BCUT2D eigenvalue weighted by Gasteiger charge is -2.18. The molecule has 172 valence electrons. The summed E-state index contributed by atoms with van der Waals surface area (Å²) in [6.07, 6.45) is 0. The van der Waals surface area contributed by atoms with Crippen LogP contribution in [0.15, 0.2) is 66.4 Å². The maximum atomic E-state index is 13.7. The SMILES string of the molecule is CCOc1ccc(C2=C(Nc3ccc4c(c3)OCO4)C(=O)N(c3cc(C)ccc3C)C2=O)cc1. The van der Waals surface area contributed by atoms with Gasteiger partial charge in [-0.1, -0.05) is 24.3 Å². The van der Waals surface area contributed by atoms with E-state index in [1.165, 1.54) is 4.90 Å². The Labute approximate surface area is 197 Å².